The molecule has 0 spiro atoms. The van der Waals surface area contributed by atoms with Gasteiger partial charge in [-0.05, 0) is 25.1 Å². The van der Waals surface area contributed by atoms with Gasteiger partial charge in [0.2, 0.25) is 5.89 Å². The molecule has 1 aromatic carbocycles. The van der Waals surface area contributed by atoms with Crippen LogP contribution in [0.25, 0.3) is 0 Å². The first-order chi connectivity index (χ1) is 9.06. The van der Waals surface area contributed by atoms with Crippen molar-refractivity contribution in [3.8, 4) is 0 Å². The van der Waals surface area contributed by atoms with Crippen molar-refractivity contribution in [1.82, 2.24) is 10.1 Å². The Hall–Kier alpha value is -2.57. The molecule has 19 heavy (non-hydrogen) atoms. The molecular formula is C12H14N4O3. The van der Waals surface area contributed by atoms with Crippen LogP contribution in [0.2, 0.25) is 0 Å². The van der Waals surface area contributed by atoms with Crippen LogP contribution in [0.15, 0.2) is 22.7 Å². The Morgan fingerprint density at radius 1 is 1.53 bits per heavy atom. The zero-order valence-electron chi connectivity index (χ0n) is 10.4. The van der Waals surface area contributed by atoms with E-state index in [0.29, 0.717) is 36.1 Å². The Kier molecular flexibility index (Phi) is 3.65. The highest BCUT2D eigenvalue weighted by molar-refractivity contribution is 5.95. The number of carbonyl (C=O) groups is 1. The van der Waals surface area contributed by atoms with Crippen LogP contribution in [0.4, 0.5) is 11.4 Å². The average molecular weight is 262 g/mol. The summed E-state index contributed by atoms with van der Waals surface area (Å²) >= 11 is 0. The van der Waals surface area contributed by atoms with E-state index in [1.54, 1.807) is 19.1 Å². The van der Waals surface area contributed by atoms with Crippen LogP contribution in [-0.4, -0.2) is 27.8 Å². The average Bonchev–Trinajstić information content (AvgIpc) is 2.77. The molecule has 0 amide bonds. The van der Waals surface area contributed by atoms with Gasteiger partial charge in [-0.3, -0.25) is 0 Å². The predicted octanol–water partition coefficient (Wildman–Crippen LogP) is 1.31. The van der Waals surface area contributed by atoms with Gasteiger partial charge in [-0.1, -0.05) is 5.16 Å². The van der Waals surface area contributed by atoms with Crippen LogP contribution < -0.4 is 11.1 Å². The van der Waals surface area contributed by atoms with Crippen LogP contribution in [0, 0.1) is 6.92 Å². The quantitative estimate of drug-likeness (QED) is 0.696. The molecule has 1 aromatic heterocycles. The molecule has 0 radical (unpaired) electrons. The van der Waals surface area contributed by atoms with E-state index in [-0.39, 0.29) is 5.56 Å². The lowest BCUT2D eigenvalue weighted by Gasteiger charge is -2.09. The van der Waals surface area contributed by atoms with Gasteiger partial charge in [0.05, 0.1) is 5.56 Å². The van der Waals surface area contributed by atoms with Crippen LogP contribution in [0.1, 0.15) is 22.1 Å². The second-order valence-electron chi connectivity index (χ2n) is 4.02. The van der Waals surface area contributed by atoms with E-state index in [4.69, 9.17) is 15.4 Å². The third-order valence-corrected chi connectivity index (χ3v) is 2.50. The van der Waals surface area contributed by atoms with Gasteiger partial charge in [0.1, 0.15) is 0 Å². The number of carboxylic acid groups (broad SMARTS) is 1. The van der Waals surface area contributed by atoms with Crippen molar-refractivity contribution in [2.24, 2.45) is 0 Å². The Balaban J connectivity index is 2.01. The van der Waals surface area contributed by atoms with E-state index in [9.17, 15) is 4.79 Å². The molecule has 0 fully saturated rings. The predicted molar refractivity (Wildman–Crippen MR) is 69.0 cm³/mol. The molecule has 2 rings (SSSR count). The second-order valence-corrected chi connectivity index (χ2v) is 4.02. The summed E-state index contributed by atoms with van der Waals surface area (Å²) in [5, 5.41) is 15.8. The molecule has 0 saturated heterocycles. The molecule has 1 heterocycles. The molecule has 0 aliphatic rings. The third-order valence-electron chi connectivity index (χ3n) is 2.50. The first-order valence-corrected chi connectivity index (χ1v) is 5.72. The summed E-state index contributed by atoms with van der Waals surface area (Å²) in [6, 6.07) is 4.70. The molecule has 4 N–H and O–H groups in total. The fourth-order valence-electron chi connectivity index (χ4n) is 1.64. The smallest absolute Gasteiger partial charge is 0.337 e. The van der Waals surface area contributed by atoms with Gasteiger partial charge in [-0.2, -0.15) is 4.98 Å². The molecular weight excluding hydrogens is 248 g/mol. The van der Waals surface area contributed by atoms with Gasteiger partial charge in [0.25, 0.3) is 0 Å². The number of nitrogens with two attached hydrogens (primary N) is 1. The summed E-state index contributed by atoms with van der Waals surface area (Å²) in [6.07, 6.45) is 0.518. The highest BCUT2D eigenvalue weighted by Crippen LogP contribution is 2.18. The van der Waals surface area contributed by atoms with Gasteiger partial charge in [0.15, 0.2) is 5.82 Å². The maximum absolute atomic E-state index is 11.1. The van der Waals surface area contributed by atoms with Crippen molar-refractivity contribution in [3.05, 3.63) is 35.5 Å². The van der Waals surface area contributed by atoms with Gasteiger partial charge in [-0.15, -0.1) is 0 Å². The number of rotatable bonds is 5. The largest absolute Gasteiger partial charge is 0.478 e. The topological polar surface area (TPSA) is 114 Å². The number of aryl methyl sites for hydroxylation is 1. The molecule has 0 atom stereocenters. The fourth-order valence-corrected chi connectivity index (χ4v) is 1.64. The fraction of sp³-hybridized carbons (Fsp3) is 0.250. The first-order valence-electron chi connectivity index (χ1n) is 5.72. The van der Waals surface area contributed by atoms with Crippen molar-refractivity contribution in [1.29, 1.82) is 0 Å². The number of hydrogen-bond donors (Lipinski definition) is 3. The normalized spacial score (nSPS) is 10.4. The maximum Gasteiger partial charge on any atom is 0.337 e. The Bertz CT molecular complexity index is 594. The van der Waals surface area contributed by atoms with Gasteiger partial charge < -0.3 is 20.7 Å². The summed E-state index contributed by atoms with van der Waals surface area (Å²) < 4.78 is 4.96. The van der Waals surface area contributed by atoms with Crippen LogP contribution in [0.5, 0.6) is 0 Å². The molecule has 0 bridgehead atoms. The highest BCUT2D eigenvalue weighted by atomic mass is 16.5. The molecule has 7 nitrogen and oxygen atoms in total. The number of aromatic carboxylic acids is 1. The number of carboxylic acids is 1. The van der Waals surface area contributed by atoms with E-state index in [1.165, 1.54) is 6.07 Å². The number of anilines is 2. The first kappa shape index (κ1) is 12.9. The molecule has 100 valence electrons. The number of nitrogen functional groups attached to an aromatic ring is 1. The summed E-state index contributed by atoms with van der Waals surface area (Å²) in [5.74, 6) is 0.0643. The van der Waals surface area contributed by atoms with Crippen LogP contribution >= 0.6 is 0 Å². The minimum absolute atomic E-state index is 0.140. The van der Waals surface area contributed by atoms with Crippen LogP contribution in [-0.2, 0) is 6.42 Å². The lowest BCUT2D eigenvalue weighted by atomic mass is 10.1. The van der Waals surface area contributed by atoms with Crippen LogP contribution in [0.3, 0.4) is 0 Å². The number of benzene rings is 1. The Labute approximate surface area is 109 Å². The third kappa shape index (κ3) is 3.21. The van der Waals surface area contributed by atoms with E-state index in [1.807, 2.05) is 0 Å². The lowest BCUT2D eigenvalue weighted by Crippen LogP contribution is -2.10. The Morgan fingerprint density at radius 2 is 2.32 bits per heavy atom. The molecule has 0 unspecified atom stereocenters. The second kappa shape index (κ2) is 5.38. The summed E-state index contributed by atoms with van der Waals surface area (Å²) in [7, 11) is 0. The minimum Gasteiger partial charge on any atom is -0.478 e. The number of nitrogens with one attached hydrogen (secondary N) is 1. The highest BCUT2D eigenvalue weighted by Gasteiger charge is 2.10. The number of nitrogens with zero attached hydrogens (tertiary/aromatic N) is 2. The van der Waals surface area contributed by atoms with E-state index >= 15 is 0 Å². The monoisotopic (exact) mass is 262 g/mol. The van der Waals surface area contributed by atoms with E-state index in [0.717, 1.165) is 0 Å². The zero-order valence-corrected chi connectivity index (χ0v) is 10.4. The van der Waals surface area contributed by atoms with Gasteiger partial charge in [-0.25, -0.2) is 4.79 Å². The summed E-state index contributed by atoms with van der Waals surface area (Å²) in [6.45, 7) is 2.23. The summed E-state index contributed by atoms with van der Waals surface area (Å²) in [5.41, 5.74) is 6.63. The van der Waals surface area contributed by atoms with Crippen molar-refractivity contribution in [2.75, 3.05) is 17.6 Å². The maximum atomic E-state index is 11.1. The summed E-state index contributed by atoms with van der Waals surface area (Å²) in [4.78, 5) is 15.1. The molecule has 0 aliphatic heterocycles. The number of hydrogen-bond acceptors (Lipinski definition) is 6. The van der Waals surface area contributed by atoms with Crippen molar-refractivity contribution in [2.45, 2.75) is 13.3 Å². The number of aromatic nitrogens is 2. The van der Waals surface area contributed by atoms with E-state index < -0.39 is 5.97 Å². The molecule has 2 aromatic rings. The van der Waals surface area contributed by atoms with Crippen molar-refractivity contribution in [3.63, 3.8) is 0 Å². The molecule has 0 saturated carbocycles. The standard InChI is InChI=1S/C12H14N4O3/c1-7-15-11(19-16-7)4-5-14-10-3-2-8(13)6-9(10)12(17)18/h2-3,6,14H,4-5,13H2,1H3,(H,17,18). The van der Waals surface area contributed by atoms with Gasteiger partial charge >= 0.3 is 5.97 Å². The zero-order chi connectivity index (χ0) is 13.8. The van der Waals surface area contributed by atoms with E-state index in [2.05, 4.69) is 15.5 Å². The lowest BCUT2D eigenvalue weighted by molar-refractivity contribution is 0.0698. The van der Waals surface area contributed by atoms with Gasteiger partial charge in [0, 0.05) is 24.3 Å². The molecule has 0 aliphatic carbocycles. The SMILES string of the molecule is Cc1noc(CCNc2ccc(N)cc2C(=O)O)n1. The Morgan fingerprint density at radius 3 is 2.95 bits per heavy atom. The van der Waals surface area contributed by atoms with Crippen molar-refractivity contribution < 1.29 is 14.4 Å². The van der Waals surface area contributed by atoms with Crippen molar-refractivity contribution >= 4 is 17.3 Å². The minimum atomic E-state index is -1.02. The molecule has 7 heteroatoms.